The second-order valence-electron chi connectivity index (χ2n) is 3.89. The van der Waals surface area contributed by atoms with Crippen LogP contribution in [-0.2, 0) is 0 Å². The zero-order chi connectivity index (χ0) is 14.7. The molecule has 0 aliphatic carbocycles. The number of carbonyl (C=O) groups is 1. The van der Waals surface area contributed by atoms with E-state index in [-0.39, 0.29) is 26.9 Å². The minimum atomic E-state index is -0.706. The highest BCUT2D eigenvalue weighted by atomic mass is 35.5. The van der Waals surface area contributed by atoms with Crippen molar-refractivity contribution in [3.8, 4) is 0 Å². The van der Waals surface area contributed by atoms with Crippen molar-refractivity contribution in [3.05, 3.63) is 63.4 Å². The molecule has 0 radical (unpaired) electrons. The van der Waals surface area contributed by atoms with Gasteiger partial charge >= 0.3 is 0 Å². The number of halogens is 3. The molecule has 20 heavy (non-hydrogen) atoms. The lowest BCUT2D eigenvalue weighted by Gasteiger charge is -2.04. The van der Waals surface area contributed by atoms with Crippen molar-refractivity contribution in [1.82, 2.24) is 0 Å². The maximum atomic E-state index is 13.6. The lowest BCUT2D eigenvalue weighted by atomic mass is 10.1. The van der Waals surface area contributed by atoms with Crippen molar-refractivity contribution in [2.45, 2.75) is 0 Å². The first-order chi connectivity index (χ1) is 9.50. The highest BCUT2D eigenvalue weighted by Crippen LogP contribution is 2.27. The van der Waals surface area contributed by atoms with Gasteiger partial charge in [0.15, 0.2) is 0 Å². The molecule has 2 N–H and O–H groups in total. The quantitative estimate of drug-likeness (QED) is 0.856. The van der Waals surface area contributed by atoms with Crippen LogP contribution in [0, 0.1) is 5.82 Å². The molecule has 2 aromatic rings. The molecule has 1 amide bonds. The van der Waals surface area contributed by atoms with E-state index in [1.54, 1.807) is 18.2 Å². The second-order valence-corrected chi connectivity index (χ2v) is 4.71. The SMILES string of the molecule is NC(=O)c1c(Cl)cccc1/N=C/c1c(F)cccc1Cl. The molecule has 6 heteroatoms. The van der Waals surface area contributed by atoms with Gasteiger partial charge in [-0.25, -0.2) is 4.39 Å². The van der Waals surface area contributed by atoms with Gasteiger partial charge in [-0.05, 0) is 24.3 Å². The smallest absolute Gasteiger partial charge is 0.252 e. The first kappa shape index (κ1) is 14.5. The van der Waals surface area contributed by atoms with Crippen molar-refractivity contribution in [1.29, 1.82) is 0 Å². The molecule has 3 nitrogen and oxygen atoms in total. The third-order valence-corrected chi connectivity index (χ3v) is 3.22. The topological polar surface area (TPSA) is 55.5 Å². The van der Waals surface area contributed by atoms with Crippen LogP contribution in [0.2, 0.25) is 10.0 Å². The predicted molar refractivity (Wildman–Crippen MR) is 78.6 cm³/mol. The third-order valence-electron chi connectivity index (χ3n) is 2.57. The number of primary amides is 1. The fourth-order valence-corrected chi connectivity index (χ4v) is 2.11. The number of nitrogens with two attached hydrogens (primary N) is 1. The largest absolute Gasteiger partial charge is 0.365 e. The molecule has 0 atom stereocenters. The molecule has 0 heterocycles. The Morgan fingerprint density at radius 1 is 1.15 bits per heavy atom. The van der Waals surface area contributed by atoms with Gasteiger partial charge in [0.05, 0.1) is 21.3 Å². The summed E-state index contributed by atoms with van der Waals surface area (Å²) in [6.45, 7) is 0. The van der Waals surface area contributed by atoms with Crippen LogP contribution in [0.25, 0.3) is 0 Å². The number of rotatable bonds is 3. The van der Waals surface area contributed by atoms with E-state index in [4.69, 9.17) is 28.9 Å². The fourth-order valence-electron chi connectivity index (χ4n) is 1.63. The van der Waals surface area contributed by atoms with Gasteiger partial charge in [0.1, 0.15) is 5.82 Å². The summed E-state index contributed by atoms with van der Waals surface area (Å²) in [5.74, 6) is -1.22. The molecular weight excluding hydrogens is 302 g/mol. The minimum absolute atomic E-state index is 0.0814. The van der Waals surface area contributed by atoms with E-state index in [2.05, 4.69) is 4.99 Å². The number of benzene rings is 2. The number of amides is 1. The van der Waals surface area contributed by atoms with Crippen LogP contribution in [0.3, 0.4) is 0 Å². The Morgan fingerprint density at radius 2 is 1.80 bits per heavy atom. The summed E-state index contributed by atoms with van der Waals surface area (Å²) in [6, 6.07) is 8.99. The number of hydrogen-bond acceptors (Lipinski definition) is 2. The summed E-state index contributed by atoms with van der Waals surface area (Å²) in [5, 5.41) is 0.406. The van der Waals surface area contributed by atoms with Gasteiger partial charge in [0.25, 0.3) is 5.91 Å². The average molecular weight is 311 g/mol. The Kier molecular flexibility index (Phi) is 4.37. The predicted octanol–water partition coefficient (Wildman–Crippen LogP) is 3.98. The summed E-state index contributed by atoms with van der Waals surface area (Å²) in [6.07, 6.45) is 1.23. The number of carbonyl (C=O) groups excluding carboxylic acids is 1. The summed E-state index contributed by atoms with van der Waals surface area (Å²) in [5.41, 5.74) is 5.71. The van der Waals surface area contributed by atoms with E-state index < -0.39 is 11.7 Å². The van der Waals surface area contributed by atoms with Crippen LogP contribution >= 0.6 is 23.2 Å². The first-order valence-corrected chi connectivity index (χ1v) is 6.32. The number of nitrogens with zero attached hydrogens (tertiary/aromatic N) is 1. The highest BCUT2D eigenvalue weighted by molar-refractivity contribution is 6.34. The van der Waals surface area contributed by atoms with E-state index in [0.29, 0.717) is 0 Å². The van der Waals surface area contributed by atoms with Crippen LogP contribution in [0.5, 0.6) is 0 Å². The normalized spacial score (nSPS) is 10.9. The first-order valence-electron chi connectivity index (χ1n) is 5.57. The van der Waals surface area contributed by atoms with E-state index >= 15 is 0 Å². The Labute approximate surface area is 124 Å². The van der Waals surface area contributed by atoms with Gasteiger partial charge < -0.3 is 5.73 Å². The Morgan fingerprint density at radius 3 is 2.45 bits per heavy atom. The fraction of sp³-hybridized carbons (Fsp3) is 0. The van der Waals surface area contributed by atoms with Gasteiger partial charge in [0.2, 0.25) is 0 Å². The minimum Gasteiger partial charge on any atom is -0.365 e. The molecule has 0 aromatic heterocycles. The molecule has 2 aromatic carbocycles. The zero-order valence-corrected chi connectivity index (χ0v) is 11.6. The van der Waals surface area contributed by atoms with E-state index in [1.807, 2.05) is 0 Å². The molecule has 0 unspecified atom stereocenters. The zero-order valence-electron chi connectivity index (χ0n) is 10.1. The number of aliphatic imine (C=N–C) groups is 1. The Balaban J connectivity index is 2.47. The van der Waals surface area contributed by atoms with Crippen LogP contribution in [0.1, 0.15) is 15.9 Å². The molecule has 0 saturated carbocycles. The molecule has 2 rings (SSSR count). The summed E-state index contributed by atoms with van der Waals surface area (Å²) < 4.78 is 13.6. The monoisotopic (exact) mass is 310 g/mol. The molecule has 0 fully saturated rings. The van der Waals surface area contributed by atoms with E-state index in [9.17, 15) is 9.18 Å². The van der Waals surface area contributed by atoms with Gasteiger partial charge in [-0.2, -0.15) is 0 Å². The van der Waals surface area contributed by atoms with E-state index in [1.165, 1.54) is 24.4 Å². The lowest BCUT2D eigenvalue weighted by molar-refractivity contribution is 0.100. The van der Waals surface area contributed by atoms with Crippen molar-refractivity contribution in [3.63, 3.8) is 0 Å². The molecule has 0 bridgehead atoms. The Bertz CT molecular complexity index is 681. The standard InChI is InChI=1S/C14H9Cl2FN2O/c15-9-3-1-5-11(17)8(9)7-19-12-6-2-4-10(16)13(12)14(18)20/h1-7H,(H2,18,20)/b19-7+. The summed E-state index contributed by atoms with van der Waals surface area (Å²) >= 11 is 11.8. The maximum Gasteiger partial charge on any atom is 0.252 e. The van der Waals surface area contributed by atoms with Crippen molar-refractivity contribution in [2.75, 3.05) is 0 Å². The maximum absolute atomic E-state index is 13.6. The van der Waals surface area contributed by atoms with Crippen molar-refractivity contribution in [2.24, 2.45) is 10.7 Å². The molecule has 0 aliphatic rings. The molecule has 0 aliphatic heterocycles. The lowest BCUT2D eigenvalue weighted by Crippen LogP contribution is -2.11. The Hall–Kier alpha value is -1.91. The van der Waals surface area contributed by atoms with Gasteiger partial charge in [0, 0.05) is 11.8 Å². The molecule has 102 valence electrons. The summed E-state index contributed by atoms with van der Waals surface area (Å²) in [4.78, 5) is 15.4. The van der Waals surface area contributed by atoms with E-state index in [0.717, 1.165) is 0 Å². The summed E-state index contributed by atoms with van der Waals surface area (Å²) in [7, 11) is 0. The molecule has 0 saturated heterocycles. The average Bonchev–Trinajstić information content (AvgIpc) is 2.37. The second kappa shape index (κ2) is 6.03. The highest BCUT2D eigenvalue weighted by Gasteiger charge is 2.12. The van der Waals surface area contributed by atoms with Crippen LogP contribution in [0.15, 0.2) is 41.4 Å². The van der Waals surface area contributed by atoms with Crippen molar-refractivity contribution < 1.29 is 9.18 Å². The third kappa shape index (κ3) is 2.98. The van der Waals surface area contributed by atoms with Gasteiger partial charge in [-0.3, -0.25) is 9.79 Å². The van der Waals surface area contributed by atoms with Crippen LogP contribution in [0.4, 0.5) is 10.1 Å². The van der Waals surface area contributed by atoms with Gasteiger partial charge in [-0.1, -0.05) is 35.3 Å². The molecule has 0 spiro atoms. The van der Waals surface area contributed by atoms with Crippen molar-refractivity contribution >= 4 is 41.0 Å². The number of hydrogen-bond donors (Lipinski definition) is 1. The molecular formula is C14H9Cl2FN2O. The van der Waals surface area contributed by atoms with Gasteiger partial charge in [-0.15, -0.1) is 0 Å². The van der Waals surface area contributed by atoms with Crippen LogP contribution < -0.4 is 5.73 Å². The van der Waals surface area contributed by atoms with Crippen LogP contribution in [-0.4, -0.2) is 12.1 Å².